The molecule has 0 atom stereocenters. The molecule has 0 spiro atoms. The van der Waals surface area contributed by atoms with Gasteiger partial charge < -0.3 is 10.2 Å². The number of phenols is 2. The van der Waals surface area contributed by atoms with Gasteiger partial charge in [-0.05, 0) is 24.3 Å². The molecule has 0 aliphatic heterocycles. The number of carbonyl (C=O) groups excluding carboxylic acids is 2. The van der Waals surface area contributed by atoms with E-state index in [1.807, 2.05) is 0 Å². The average molecular weight is 326 g/mol. The Balaban J connectivity index is -0.0000000960. The maximum atomic E-state index is 9.44. The quantitative estimate of drug-likeness (QED) is 0.119. The van der Waals surface area contributed by atoms with E-state index in [0.717, 1.165) is 0 Å². The van der Waals surface area contributed by atoms with Gasteiger partial charge in [-0.15, -0.1) is 0 Å². The largest absolute Gasteiger partial charge is 0.508 e. The van der Waals surface area contributed by atoms with Gasteiger partial charge in [0, 0.05) is 0 Å². The van der Waals surface area contributed by atoms with E-state index >= 15 is 0 Å². The Bertz CT molecular complexity index is 328. The lowest BCUT2D eigenvalue weighted by Gasteiger charge is -1.88. The normalized spacial score (nSPS) is 7.00. The molecular weight excluding hydrogens is 304 g/mol. The van der Waals surface area contributed by atoms with E-state index < -0.39 is 10.5 Å². The SMILES string of the molecule is C.C.NNC(=O)S.NNC(=O)S.Oc1ccc(O)cc1. The van der Waals surface area contributed by atoms with Gasteiger partial charge in [-0.25, -0.2) is 11.7 Å². The summed E-state index contributed by atoms with van der Waals surface area (Å²) in [5.74, 6) is 9.33. The zero-order valence-electron chi connectivity index (χ0n) is 9.07. The number of benzene rings is 1. The molecule has 0 aromatic heterocycles. The van der Waals surface area contributed by atoms with E-state index in [9.17, 15) is 9.59 Å². The molecule has 1 aromatic carbocycles. The number of nitrogens with two attached hydrogens (primary N) is 2. The monoisotopic (exact) mass is 326 g/mol. The molecule has 0 heterocycles. The first-order valence-corrected chi connectivity index (χ1v) is 5.10. The molecule has 0 saturated heterocycles. The van der Waals surface area contributed by atoms with Crippen molar-refractivity contribution >= 4 is 35.7 Å². The number of rotatable bonds is 0. The molecule has 0 radical (unpaired) electrons. The highest BCUT2D eigenvalue weighted by atomic mass is 32.1. The van der Waals surface area contributed by atoms with Crippen LogP contribution < -0.4 is 22.5 Å². The number of thiol groups is 2. The Morgan fingerprint density at radius 3 is 1.10 bits per heavy atom. The van der Waals surface area contributed by atoms with E-state index in [2.05, 4.69) is 36.9 Å². The number of hydrogen-bond donors (Lipinski definition) is 8. The molecule has 0 fully saturated rings. The van der Waals surface area contributed by atoms with Crippen molar-refractivity contribution in [3.8, 4) is 11.5 Å². The third-order valence-electron chi connectivity index (χ3n) is 1.10. The van der Waals surface area contributed by atoms with Crippen LogP contribution in [0.4, 0.5) is 9.59 Å². The summed E-state index contributed by atoms with van der Waals surface area (Å²) in [5, 5.41) is 16.2. The second-order valence-corrected chi connectivity index (χ2v) is 3.23. The topological polar surface area (TPSA) is 151 Å². The zero-order chi connectivity index (χ0) is 14.6. The molecular formula is C10H22N4O4S2. The Hall–Kier alpha value is -1.62. The van der Waals surface area contributed by atoms with E-state index in [1.165, 1.54) is 24.3 Å². The van der Waals surface area contributed by atoms with Crippen molar-refractivity contribution in [1.82, 2.24) is 10.9 Å². The summed E-state index contributed by atoms with van der Waals surface area (Å²) in [6.07, 6.45) is 0. The fourth-order valence-corrected chi connectivity index (χ4v) is 0.453. The number of nitrogens with one attached hydrogen (secondary N) is 2. The van der Waals surface area contributed by atoms with Crippen molar-refractivity contribution in [2.24, 2.45) is 11.7 Å². The van der Waals surface area contributed by atoms with Gasteiger partial charge in [0.15, 0.2) is 0 Å². The molecule has 0 unspecified atom stereocenters. The maximum absolute atomic E-state index is 9.44. The van der Waals surface area contributed by atoms with Crippen molar-refractivity contribution in [2.75, 3.05) is 0 Å². The highest BCUT2D eigenvalue weighted by molar-refractivity contribution is 7.96. The molecule has 20 heavy (non-hydrogen) atoms. The van der Waals surface area contributed by atoms with E-state index in [1.54, 1.807) is 10.9 Å². The Kier molecular flexibility index (Phi) is 23.3. The summed E-state index contributed by atoms with van der Waals surface area (Å²) < 4.78 is 0. The summed E-state index contributed by atoms with van der Waals surface area (Å²) in [5.41, 5.74) is 3.51. The van der Waals surface area contributed by atoms with Crippen molar-refractivity contribution in [3.63, 3.8) is 0 Å². The number of phenolic OH excluding ortho intramolecular Hbond substituents is 2. The molecule has 0 bridgehead atoms. The Morgan fingerprint density at radius 1 is 0.850 bits per heavy atom. The molecule has 1 aromatic rings. The Labute approximate surface area is 129 Å². The minimum absolute atomic E-state index is 0. The summed E-state index contributed by atoms with van der Waals surface area (Å²) in [7, 11) is 0. The van der Waals surface area contributed by atoms with Crippen LogP contribution in [0.2, 0.25) is 0 Å². The number of aromatic hydroxyl groups is 2. The first-order chi connectivity index (χ1) is 8.33. The third kappa shape index (κ3) is 25.3. The van der Waals surface area contributed by atoms with Crippen molar-refractivity contribution in [1.29, 1.82) is 0 Å². The van der Waals surface area contributed by atoms with E-state index in [0.29, 0.717) is 0 Å². The van der Waals surface area contributed by atoms with Crippen LogP contribution in [0.3, 0.4) is 0 Å². The van der Waals surface area contributed by atoms with E-state index in [4.69, 9.17) is 10.2 Å². The molecule has 0 aliphatic carbocycles. The molecule has 118 valence electrons. The average Bonchev–Trinajstić information content (AvgIpc) is 2.34. The van der Waals surface area contributed by atoms with Crippen LogP contribution in [-0.2, 0) is 0 Å². The molecule has 0 aliphatic rings. The van der Waals surface area contributed by atoms with Gasteiger partial charge in [0.1, 0.15) is 11.5 Å². The predicted molar refractivity (Wildman–Crippen MR) is 86.6 cm³/mol. The Morgan fingerprint density at radius 2 is 1.00 bits per heavy atom. The molecule has 8 nitrogen and oxygen atoms in total. The first-order valence-electron chi connectivity index (χ1n) is 4.20. The standard InChI is InChI=1S/C6H6O2.2CH4N2OS.2CH4/c7-5-1-2-6(8)4-3-5;2*2-3-1(4)5;;/h1-4,7-8H;2*2H2,(H2,3,4,5);2*1H4. The second kappa shape index (κ2) is 17.4. The fraction of sp³-hybridized carbons (Fsp3) is 0.200. The summed E-state index contributed by atoms with van der Waals surface area (Å²) in [6, 6.07) is 5.70. The van der Waals surface area contributed by atoms with Gasteiger partial charge in [-0.2, -0.15) is 0 Å². The third-order valence-corrected chi connectivity index (χ3v) is 1.35. The lowest BCUT2D eigenvalue weighted by Crippen LogP contribution is -2.23. The molecule has 0 saturated carbocycles. The van der Waals surface area contributed by atoms with Crippen molar-refractivity contribution in [3.05, 3.63) is 24.3 Å². The molecule has 1 rings (SSSR count). The smallest absolute Gasteiger partial charge is 0.289 e. The molecule has 2 amide bonds. The van der Waals surface area contributed by atoms with Crippen LogP contribution in [0, 0.1) is 0 Å². The van der Waals surface area contributed by atoms with Crippen LogP contribution >= 0.6 is 25.3 Å². The van der Waals surface area contributed by atoms with Crippen LogP contribution in [0.5, 0.6) is 11.5 Å². The number of amides is 2. The van der Waals surface area contributed by atoms with Crippen LogP contribution in [-0.4, -0.2) is 20.7 Å². The predicted octanol–water partition coefficient (Wildman–Crippen LogP) is 1.37. The lowest BCUT2D eigenvalue weighted by atomic mass is 10.3. The van der Waals surface area contributed by atoms with E-state index in [-0.39, 0.29) is 26.4 Å². The second-order valence-electron chi connectivity index (χ2n) is 2.42. The fourth-order valence-electron chi connectivity index (χ4n) is 0.453. The summed E-state index contributed by atoms with van der Waals surface area (Å²) in [6.45, 7) is 0. The van der Waals surface area contributed by atoms with Gasteiger partial charge in [0.2, 0.25) is 0 Å². The van der Waals surface area contributed by atoms with Gasteiger partial charge in [0.05, 0.1) is 0 Å². The number of hydrogen-bond acceptors (Lipinski definition) is 6. The lowest BCUT2D eigenvalue weighted by molar-refractivity contribution is 0.260. The van der Waals surface area contributed by atoms with Gasteiger partial charge in [-0.3, -0.25) is 20.4 Å². The first kappa shape index (κ1) is 26.8. The van der Waals surface area contributed by atoms with Gasteiger partial charge in [0.25, 0.3) is 10.5 Å². The molecule has 8 N–H and O–H groups in total. The number of hydrazine groups is 2. The van der Waals surface area contributed by atoms with Crippen LogP contribution in [0.25, 0.3) is 0 Å². The highest BCUT2D eigenvalue weighted by Crippen LogP contribution is 2.13. The minimum atomic E-state index is -0.523. The minimum Gasteiger partial charge on any atom is -0.508 e. The zero-order valence-corrected chi connectivity index (χ0v) is 10.9. The molecule has 10 heteroatoms. The highest BCUT2D eigenvalue weighted by Gasteiger charge is 1.84. The van der Waals surface area contributed by atoms with Gasteiger partial charge in [-0.1, -0.05) is 40.1 Å². The van der Waals surface area contributed by atoms with Crippen LogP contribution in [0.1, 0.15) is 14.9 Å². The van der Waals surface area contributed by atoms with Crippen molar-refractivity contribution < 1.29 is 19.8 Å². The van der Waals surface area contributed by atoms with Gasteiger partial charge >= 0.3 is 0 Å². The van der Waals surface area contributed by atoms with Crippen LogP contribution in [0.15, 0.2) is 24.3 Å². The maximum Gasteiger partial charge on any atom is 0.289 e. The summed E-state index contributed by atoms with van der Waals surface area (Å²) >= 11 is 6.45. The summed E-state index contributed by atoms with van der Waals surface area (Å²) in [4.78, 5) is 18.9. The van der Waals surface area contributed by atoms with Crippen molar-refractivity contribution in [2.45, 2.75) is 14.9 Å². The number of carbonyl (C=O) groups is 2.